The first kappa shape index (κ1) is 49.0. The molecule has 0 atom stereocenters. The number of aliphatic carboxylic acids is 1. The first-order valence-corrected chi connectivity index (χ1v) is 21.1. The summed E-state index contributed by atoms with van der Waals surface area (Å²) in [5, 5.41) is 31.3. The molecule has 0 aliphatic heterocycles. The SMILES string of the molecule is Cc1ncc([N+](=O)[O-])n1CCOC(=O)c1cc(=O)c2c(OCC(COc3cccc4oc(C(=O)OCCn5c([N+](=O)[O-])cnc5C)cc(=O)c34)OC(=O)CCCCCCCC(=O)O)cccc2o1. The van der Waals surface area contributed by atoms with E-state index in [2.05, 4.69) is 9.97 Å². The van der Waals surface area contributed by atoms with Crippen molar-refractivity contribution in [1.82, 2.24) is 19.1 Å². The van der Waals surface area contributed by atoms with Gasteiger partial charge < -0.3 is 57.9 Å². The summed E-state index contributed by atoms with van der Waals surface area (Å²) in [6.07, 6.45) is 4.01. The van der Waals surface area contributed by atoms with Gasteiger partial charge in [-0.3, -0.25) is 19.2 Å². The van der Waals surface area contributed by atoms with Crippen molar-refractivity contribution in [2.45, 2.75) is 78.0 Å². The minimum atomic E-state index is -1.16. The van der Waals surface area contributed by atoms with E-state index in [0.717, 1.165) is 24.5 Å². The average molecular weight is 945 g/mol. The van der Waals surface area contributed by atoms with Gasteiger partial charge in [0.05, 0.1) is 0 Å². The summed E-state index contributed by atoms with van der Waals surface area (Å²) in [6.45, 7) is 1.53. The molecule has 4 aromatic heterocycles. The molecule has 6 rings (SSSR count). The van der Waals surface area contributed by atoms with Crippen molar-refractivity contribution in [2.75, 3.05) is 26.4 Å². The van der Waals surface area contributed by atoms with E-state index in [-0.39, 0.29) is 97.4 Å². The third-order valence-electron chi connectivity index (χ3n) is 10.3. The maximum atomic E-state index is 13.4. The second kappa shape index (κ2) is 22.6. The van der Waals surface area contributed by atoms with Crippen LogP contribution in [0.15, 0.2) is 79.3 Å². The standard InChI is InChI=1S/C44H44N6O18/c1-26-45-22-37(49(58)59)47(26)16-18-62-43(56)35-20-29(51)41-31(10-8-12-33(41)67-35)64-24-28(66-40(55)15-7-5-3-4-6-14-39(53)54)25-65-32-11-9-13-34-42(32)30(52)21-36(68-34)44(57)63-19-17-48-27(2)46-23-38(48)50(60)61/h8-13,20-23,28H,3-7,14-19,24-25H2,1-2H3,(H,53,54). The molecule has 4 heterocycles. The number of aromatic nitrogens is 4. The third-order valence-corrected chi connectivity index (χ3v) is 10.3. The largest absolute Gasteiger partial charge is 0.489 e. The van der Waals surface area contributed by atoms with Crippen molar-refractivity contribution in [2.24, 2.45) is 0 Å². The van der Waals surface area contributed by atoms with Crippen molar-refractivity contribution in [3.63, 3.8) is 0 Å². The Morgan fingerprint density at radius 2 is 1.13 bits per heavy atom. The van der Waals surface area contributed by atoms with E-state index in [1.165, 1.54) is 45.5 Å². The zero-order valence-corrected chi connectivity index (χ0v) is 36.6. The molecule has 0 fully saturated rings. The number of carbonyl (C=O) groups is 4. The number of unbranched alkanes of at least 4 members (excludes halogenated alkanes) is 4. The monoisotopic (exact) mass is 944 g/mol. The molecule has 0 bridgehead atoms. The molecule has 6 aromatic rings. The van der Waals surface area contributed by atoms with Crippen LogP contribution in [-0.2, 0) is 36.9 Å². The predicted molar refractivity (Wildman–Crippen MR) is 234 cm³/mol. The van der Waals surface area contributed by atoms with Gasteiger partial charge in [0, 0.05) is 38.8 Å². The van der Waals surface area contributed by atoms with Crippen LogP contribution in [0.2, 0.25) is 0 Å². The Kier molecular flexibility index (Phi) is 16.3. The fraction of sp³-hybridized carbons (Fsp3) is 0.364. The summed E-state index contributed by atoms with van der Waals surface area (Å²) >= 11 is 0. The van der Waals surface area contributed by atoms with Crippen LogP contribution in [0.3, 0.4) is 0 Å². The first-order chi connectivity index (χ1) is 32.6. The summed E-state index contributed by atoms with van der Waals surface area (Å²) in [5.74, 6) is -4.37. The number of nitrogens with zero attached hydrogens (tertiary/aromatic N) is 6. The minimum Gasteiger partial charge on any atom is -0.489 e. The number of hydrogen-bond donors (Lipinski definition) is 1. The highest BCUT2D eigenvalue weighted by Crippen LogP contribution is 2.27. The van der Waals surface area contributed by atoms with Crippen LogP contribution in [-0.4, -0.2) is 90.5 Å². The summed E-state index contributed by atoms with van der Waals surface area (Å²) in [5.41, 5.74) is -1.49. The summed E-state index contributed by atoms with van der Waals surface area (Å²) in [4.78, 5) is 106. The van der Waals surface area contributed by atoms with Crippen LogP contribution < -0.4 is 20.3 Å². The molecule has 2 aromatic carbocycles. The van der Waals surface area contributed by atoms with Crippen LogP contribution >= 0.6 is 0 Å². The van der Waals surface area contributed by atoms with Gasteiger partial charge in [0.1, 0.15) is 85.3 Å². The molecule has 0 saturated carbocycles. The lowest BCUT2D eigenvalue weighted by Gasteiger charge is -2.20. The number of ether oxygens (including phenoxy) is 5. The molecule has 0 radical (unpaired) electrons. The Morgan fingerprint density at radius 3 is 1.57 bits per heavy atom. The van der Waals surface area contributed by atoms with Crippen LogP contribution in [0.5, 0.6) is 11.5 Å². The molecule has 0 spiro atoms. The Labute approximate surface area is 383 Å². The zero-order valence-electron chi connectivity index (χ0n) is 36.6. The quantitative estimate of drug-likeness (QED) is 0.0239. The number of aryl methyl sites for hydroxylation is 2. The molecule has 0 amide bonds. The molecular formula is C44H44N6O18. The number of fused-ring (bicyclic) bond motifs is 2. The fourth-order valence-electron chi connectivity index (χ4n) is 6.96. The van der Waals surface area contributed by atoms with Gasteiger partial charge >= 0.3 is 35.5 Å². The van der Waals surface area contributed by atoms with Crippen molar-refractivity contribution >= 4 is 57.5 Å². The van der Waals surface area contributed by atoms with Gasteiger partial charge in [0.25, 0.3) is 0 Å². The zero-order chi connectivity index (χ0) is 48.9. The number of nitro groups is 2. The molecule has 0 unspecified atom stereocenters. The lowest BCUT2D eigenvalue weighted by Crippen LogP contribution is -2.31. The third kappa shape index (κ3) is 12.5. The van der Waals surface area contributed by atoms with Gasteiger partial charge in [-0.25, -0.2) is 28.7 Å². The summed E-state index contributed by atoms with van der Waals surface area (Å²) < 4.78 is 42.1. The normalized spacial score (nSPS) is 11.2. The van der Waals surface area contributed by atoms with E-state index in [4.69, 9.17) is 37.6 Å². The molecule has 358 valence electrons. The molecule has 68 heavy (non-hydrogen) atoms. The maximum absolute atomic E-state index is 13.4. The number of carboxylic acids is 1. The highest BCUT2D eigenvalue weighted by atomic mass is 16.6. The Bertz CT molecular complexity index is 2790. The second-order valence-electron chi connectivity index (χ2n) is 15.0. The van der Waals surface area contributed by atoms with Gasteiger partial charge in [-0.15, -0.1) is 0 Å². The topological polar surface area (TPSA) is 317 Å². The maximum Gasteiger partial charge on any atom is 0.374 e. The number of carboxylic acid groups (broad SMARTS) is 1. The lowest BCUT2D eigenvalue weighted by atomic mass is 10.1. The Hall–Kier alpha value is -8.44. The van der Waals surface area contributed by atoms with Crippen LogP contribution in [0, 0.1) is 34.1 Å². The number of esters is 3. The van der Waals surface area contributed by atoms with Gasteiger partial charge in [0.15, 0.2) is 28.6 Å². The highest BCUT2D eigenvalue weighted by molar-refractivity contribution is 5.91. The van der Waals surface area contributed by atoms with Crippen LogP contribution in [0.4, 0.5) is 11.6 Å². The fourth-order valence-corrected chi connectivity index (χ4v) is 6.96. The molecule has 0 saturated heterocycles. The van der Waals surface area contributed by atoms with Gasteiger partial charge in [-0.1, -0.05) is 31.4 Å². The van der Waals surface area contributed by atoms with Crippen LogP contribution in [0.1, 0.15) is 77.7 Å². The molecule has 1 N–H and O–H groups in total. The number of hydrogen-bond acceptors (Lipinski definition) is 19. The van der Waals surface area contributed by atoms with Crippen molar-refractivity contribution < 1.29 is 66.6 Å². The molecule has 24 nitrogen and oxygen atoms in total. The Balaban J connectivity index is 1.14. The van der Waals surface area contributed by atoms with E-state index >= 15 is 0 Å². The first-order valence-electron chi connectivity index (χ1n) is 21.1. The molecule has 0 aliphatic rings. The van der Waals surface area contributed by atoms with Crippen LogP contribution in [0.25, 0.3) is 21.9 Å². The summed E-state index contributed by atoms with van der Waals surface area (Å²) in [6, 6.07) is 10.5. The highest BCUT2D eigenvalue weighted by Gasteiger charge is 2.24. The number of benzene rings is 2. The summed E-state index contributed by atoms with van der Waals surface area (Å²) in [7, 11) is 0. The van der Waals surface area contributed by atoms with E-state index in [1.807, 2.05) is 0 Å². The van der Waals surface area contributed by atoms with Crippen molar-refractivity contribution in [3.05, 3.63) is 125 Å². The van der Waals surface area contributed by atoms with Crippen molar-refractivity contribution in [3.8, 4) is 11.5 Å². The van der Waals surface area contributed by atoms with Crippen molar-refractivity contribution in [1.29, 1.82) is 0 Å². The minimum absolute atomic E-state index is 0.000532. The van der Waals surface area contributed by atoms with E-state index in [0.29, 0.717) is 43.8 Å². The molecular weight excluding hydrogens is 901 g/mol. The lowest BCUT2D eigenvalue weighted by molar-refractivity contribution is -0.392. The number of rotatable bonds is 25. The smallest absolute Gasteiger partial charge is 0.374 e. The number of imidazole rings is 2. The van der Waals surface area contributed by atoms with E-state index < -0.39 is 62.2 Å². The predicted octanol–water partition coefficient (Wildman–Crippen LogP) is 5.62. The Morgan fingerprint density at radius 1 is 0.691 bits per heavy atom. The molecule has 24 heteroatoms. The average Bonchev–Trinajstić information content (AvgIpc) is 3.87. The van der Waals surface area contributed by atoms with E-state index in [9.17, 15) is 49.0 Å². The van der Waals surface area contributed by atoms with E-state index in [1.54, 1.807) is 13.8 Å². The molecule has 0 aliphatic carbocycles. The van der Waals surface area contributed by atoms with Gasteiger partial charge in [0.2, 0.25) is 11.5 Å². The van der Waals surface area contributed by atoms with Gasteiger partial charge in [-0.05, 0) is 47.0 Å². The van der Waals surface area contributed by atoms with Gasteiger partial charge in [-0.2, -0.15) is 0 Å². The number of carbonyl (C=O) groups excluding carboxylic acids is 3. The second-order valence-corrected chi connectivity index (χ2v) is 15.0.